The van der Waals surface area contributed by atoms with Crippen molar-refractivity contribution < 1.29 is 0 Å². The predicted octanol–water partition coefficient (Wildman–Crippen LogP) is 4.30. The van der Waals surface area contributed by atoms with Gasteiger partial charge in [-0.2, -0.15) is 0 Å². The molecule has 0 bridgehead atoms. The fourth-order valence-corrected chi connectivity index (χ4v) is 1.71. The first-order valence-electron chi connectivity index (χ1n) is 8.42. The van der Waals surface area contributed by atoms with E-state index in [1.54, 1.807) is 6.20 Å². The second kappa shape index (κ2) is 14.9. The molecule has 1 aromatic heterocycles. The van der Waals surface area contributed by atoms with Crippen molar-refractivity contribution in [2.45, 2.75) is 34.1 Å². The third-order valence-electron chi connectivity index (χ3n) is 2.77. The molecule has 1 heterocycles. The Kier molecular flexibility index (Phi) is 13.5. The summed E-state index contributed by atoms with van der Waals surface area (Å²) in [5.74, 6) is 0. The van der Waals surface area contributed by atoms with Crippen molar-refractivity contribution in [1.29, 1.82) is 0 Å². The average Bonchev–Trinajstić information content (AvgIpc) is 2.62. The molecule has 4 nitrogen and oxygen atoms in total. The minimum Gasteiger partial charge on any atom is -0.383 e. The van der Waals surface area contributed by atoms with Crippen molar-refractivity contribution in [3.63, 3.8) is 0 Å². The molecule has 128 valence electrons. The summed E-state index contributed by atoms with van der Waals surface area (Å²) in [7, 11) is 0. The van der Waals surface area contributed by atoms with Crippen LogP contribution in [0.2, 0.25) is 0 Å². The van der Waals surface area contributed by atoms with E-state index in [-0.39, 0.29) is 0 Å². The van der Waals surface area contributed by atoms with Crippen LogP contribution in [0.3, 0.4) is 0 Å². The van der Waals surface area contributed by atoms with Gasteiger partial charge in [0.2, 0.25) is 0 Å². The van der Waals surface area contributed by atoms with E-state index in [0.29, 0.717) is 6.54 Å². The first kappa shape index (κ1) is 20.9. The Labute approximate surface area is 141 Å². The zero-order valence-electron chi connectivity index (χ0n) is 15.0. The van der Waals surface area contributed by atoms with E-state index in [0.717, 1.165) is 36.6 Å². The number of aryl methyl sites for hydroxylation is 1. The van der Waals surface area contributed by atoms with Crippen LogP contribution < -0.4 is 16.4 Å². The molecule has 0 amide bonds. The Morgan fingerprint density at radius 3 is 1.87 bits per heavy atom. The highest BCUT2D eigenvalue weighted by molar-refractivity contribution is 5.68. The smallest absolute Gasteiger partial charge is 0.0576 e. The fraction of sp³-hybridized carbons (Fsp3) is 0.421. The van der Waals surface area contributed by atoms with Gasteiger partial charge in [0.15, 0.2) is 0 Å². The molecule has 1 aromatic carbocycles. The normalized spacial score (nSPS) is 8.91. The third kappa shape index (κ3) is 10.3. The van der Waals surface area contributed by atoms with Crippen LogP contribution in [0.25, 0.3) is 0 Å². The van der Waals surface area contributed by atoms with E-state index in [9.17, 15) is 0 Å². The highest BCUT2D eigenvalue weighted by atomic mass is 15.0. The Morgan fingerprint density at radius 1 is 0.913 bits per heavy atom. The Bertz CT molecular complexity index is 459. The SMILES string of the molecule is CC.CCCNc1ccccc1NCCN.Cc1ccccn1. The van der Waals surface area contributed by atoms with E-state index in [2.05, 4.69) is 34.7 Å². The second-order valence-electron chi connectivity index (χ2n) is 4.66. The van der Waals surface area contributed by atoms with E-state index < -0.39 is 0 Å². The molecule has 0 saturated carbocycles. The lowest BCUT2D eigenvalue weighted by molar-refractivity contribution is 0.976. The topological polar surface area (TPSA) is 63.0 Å². The first-order chi connectivity index (χ1) is 11.3. The first-order valence-corrected chi connectivity index (χ1v) is 8.42. The minimum absolute atomic E-state index is 0.655. The minimum atomic E-state index is 0.655. The quantitative estimate of drug-likeness (QED) is 0.743. The van der Waals surface area contributed by atoms with E-state index >= 15 is 0 Å². The summed E-state index contributed by atoms with van der Waals surface area (Å²) in [4.78, 5) is 3.98. The number of hydrogen-bond donors (Lipinski definition) is 3. The van der Waals surface area contributed by atoms with Gasteiger partial charge >= 0.3 is 0 Å². The van der Waals surface area contributed by atoms with Gasteiger partial charge in [0.05, 0.1) is 11.4 Å². The molecule has 0 unspecified atom stereocenters. The van der Waals surface area contributed by atoms with Crippen LogP contribution in [0, 0.1) is 6.92 Å². The van der Waals surface area contributed by atoms with Gasteiger partial charge in [-0.15, -0.1) is 0 Å². The van der Waals surface area contributed by atoms with Crippen molar-refractivity contribution in [2.75, 3.05) is 30.3 Å². The van der Waals surface area contributed by atoms with Crippen LogP contribution in [-0.2, 0) is 0 Å². The highest BCUT2D eigenvalue weighted by Gasteiger charge is 1.98. The number of nitrogens with zero attached hydrogens (tertiary/aromatic N) is 1. The lowest BCUT2D eigenvalue weighted by Gasteiger charge is -2.12. The standard InChI is InChI=1S/C11H19N3.C6H7N.C2H6/c1-2-8-13-10-5-3-4-6-11(10)14-9-7-12;1-6-4-2-3-5-7-6;1-2/h3-6,13-14H,2,7-9,12H2,1H3;2-5H,1H3;1-2H3. The Balaban J connectivity index is 0.000000449. The van der Waals surface area contributed by atoms with Crippen molar-refractivity contribution in [2.24, 2.45) is 5.73 Å². The van der Waals surface area contributed by atoms with Gasteiger partial charge in [-0.1, -0.05) is 39.0 Å². The van der Waals surface area contributed by atoms with Gasteiger partial charge in [0.25, 0.3) is 0 Å². The molecule has 2 rings (SSSR count). The zero-order chi connectivity index (χ0) is 17.3. The number of aromatic nitrogens is 1. The van der Waals surface area contributed by atoms with Gasteiger partial charge < -0.3 is 16.4 Å². The van der Waals surface area contributed by atoms with Gasteiger partial charge in [0, 0.05) is 31.5 Å². The van der Waals surface area contributed by atoms with Crippen LogP contribution in [0.15, 0.2) is 48.7 Å². The summed E-state index contributed by atoms with van der Waals surface area (Å²) in [6.45, 7) is 10.6. The van der Waals surface area contributed by atoms with Crippen LogP contribution in [0.4, 0.5) is 11.4 Å². The molecule has 0 saturated heterocycles. The molecule has 0 spiro atoms. The predicted molar refractivity (Wildman–Crippen MR) is 103 cm³/mol. The van der Waals surface area contributed by atoms with E-state index in [1.807, 2.05) is 51.1 Å². The summed E-state index contributed by atoms with van der Waals surface area (Å²) < 4.78 is 0. The maximum Gasteiger partial charge on any atom is 0.0576 e. The summed E-state index contributed by atoms with van der Waals surface area (Å²) >= 11 is 0. The molecular formula is C19H32N4. The van der Waals surface area contributed by atoms with Gasteiger partial charge in [0.1, 0.15) is 0 Å². The largest absolute Gasteiger partial charge is 0.383 e. The fourth-order valence-electron chi connectivity index (χ4n) is 1.71. The number of anilines is 2. The summed E-state index contributed by atoms with van der Waals surface area (Å²) in [6, 6.07) is 14.1. The number of para-hydroxylation sites is 2. The summed E-state index contributed by atoms with van der Waals surface area (Å²) in [6.07, 6.45) is 2.92. The molecule has 0 aliphatic rings. The molecule has 0 aliphatic heterocycles. The van der Waals surface area contributed by atoms with Crippen molar-refractivity contribution in [3.8, 4) is 0 Å². The van der Waals surface area contributed by atoms with E-state index in [1.165, 1.54) is 0 Å². The number of hydrogen-bond acceptors (Lipinski definition) is 4. The number of pyridine rings is 1. The van der Waals surface area contributed by atoms with Gasteiger partial charge in [-0.05, 0) is 37.6 Å². The molecule has 0 aliphatic carbocycles. The molecule has 0 atom stereocenters. The third-order valence-corrected chi connectivity index (χ3v) is 2.77. The molecule has 2 aromatic rings. The summed E-state index contributed by atoms with van der Waals surface area (Å²) in [5.41, 5.74) is 8.80. The monoisotopic (exact) mass is 316 g/mol. The molecule has 4 N–H and O–H groups in total. The maximum atomic E-state index is 5.44. The maximum absolute atomic E-state index is 5.44. The highest BCUT2D eigenvalue weighted by Crippen LogP contribution is 2.20. The molecule has 23 heavy (non-hydrogen) atoms. The van der Waals surface area contributed by atoms with Crippen molar-refractivity contribution in [1.82, 2.24) is 4.98 Å². The van der Waals surface area contributed by atoms with Crippen LogP contribution in [-0.4, -0.2) is 24.6 Å². The molecule has 4 heteroatoms. The molecular weight excluding hydrogens is 284 g/mol. The zero-order valence-corrected chi connectivity index (χ0v) is 15.0. The number of benzene rings is 1. The van der Waals surface area contributed by atoms with Crippen LogP contribution >= 0.6 is 0 Å². The van der Waals surface area contributed by atoms with Crippen molar-refractivity contribution in [3.05, 3.63) is 54.4 Å². The number of nitrogens with one attached hydrogen (secondary N) is 2. The lowest BCUT2D eigenvalue weighted by atomic mass is 10.2. The lowest BCUT2D eigenvalue weighted by Crippen LogP contribution is -2.14. The molecule has 0 radical (unpaired) electrons. The van der Waals surface area contributed by atoms with Gasteiger partial charge in [-0.3, -0.25) is 4.98 Å². The average molecular weight is 316 g/mol. The van der Waals surface area contributed by atoms with Crippen molar-refractivity contribution >= 4 is 11.4 Å². The Morgan fingerprint density at radius 2 is 1.48 bits per heavy atom. The van der Waals surface area contributed by atoms with Crippen LogP contribution in [0.1, 0.15) is 32.9 Å². The van der Waals surface area contributed by atoms with E-state index in [4.69, 9.17) is 5.73 Å². The molecule has 0 fully saturated rings. The van der Waals surface area contributed by atoms with Gasteiger partial charge in [-0.25, -0.2) is 0 Å². The van der Waals surface area contributed by atoms with Crippen LogP contribution in [0.5, 0.6) is 0 Å². The number of nitrogens with two attached hydrogens (primary N) is 1. The second-order valence-corrected chi connectivity index (χ2v) is 4.66. The Hall–Kier alpha value is -2.07. The summed E-state index contributed by atoms with van der Waals surface area (Å²) in [5, 5.41) is 6.65. The number of rotatable bonds is 6.